The van der Waals surface area contributed by atoms with Crippen LogP contribution in [0.25, 0.3) is 0 Å². The van der Waals surface area contributed by atoms with Crippen LogP contribution < -0.4 is 5.32 Å². The Kier molecular flexibility index (Phi) is 4.42. The number of amides is 1. The van der Waals surface area contributed by atoms with E-state index in [2.05, 4.69) is 5.32 Å². The zero-order valence-corrected chi connectivity index (χ0v) is 11.0. The Balaban J connectivity index is 2.23. The minimum Gasteiger partial charge on any atom is -0.459 e. The van der Waals surface area contributed by atoms with Crippen molar-refractivity contribution in [3.05, 3.63) is 12.2 Å². The first-order valence-corrected chi connectivity index (χ1v) is 6.64. The highest BCUT2D eigenvalue weighted by Crippen LogP contribution is 2.31. The van der Waals surface area contributed by atoms with Gasteiger partial charge >= 0.3 is 5.97 Å². The number of esters is 1. The van der Waals surface area contributed by atoms with Crippen molar-refractivity contribution in [3.8, 4) is 0 Å². The number of hydrogen-bond donors (Lipinski definition) is 4. The fraction of sp³-hybridized carbons (Fsp3) is 0.692. The van der Waals surface area contributed by atoms with Crippen molar-refractivity contribution >= 4 is 11.9 Å². The maximum Gasteiger partial charge on any atom is 0.306 e. The molecule has 1 fully saturated rings. The van der Waals surface area contributed by atoms with Crippen molar-refractivity contribution in [3.63, 3.8) is 0 Å². The molecule has 2 bridgehead atoms. The van der Waals surface area contributed by atoms with E-state index >= 15 is 0 Å². The Labute approximate surface area is 116 Å². The van der Waals surface area contributed by atoms with Gasteiger partial charge in [0, 0.05) is 25.8 Å². The molecular weight excluding hydrogens is 266 g/mol. The van der Waals surface area contributed by atoms with Gasteiger partial charge < -0.3 is 25.4 Å². The molecule has 4 atom stereocenters. The third kappa shape index (κ3) is 3.17. The lowest BCUT2D eigenvalue weighted by Gasteiger charge is -2.40. The third-order valence-electron chi connectivity index (χ3n) is 3.63. The molecule has 0 radical (unpaired) electrons. The average Bonchev–Trinajstić information content (AvgIpc) is 2.38. The van der Waals surface area contributed by atoms with Gasteiger partial charge in [-0.15, -0.1) is 0 Å². The molecule has 0 unspecified atom stereocenters. The molecule has 2 aliphatic rings. The molecule has 1 amide bonds. The van der Waals surface area contributed by atoms with Gasteiger partial charge in [0.2, 0.25) is 0 Å². The minimum atomic E-state index is -1.85. The van der Waals surface area contributed by atoms with Crippen LogP contribution in [-0.4, -0.2) is 57.7 Å². The molecule has 0 saturated heterocycles. The zero-order valence-electron chi connectivity index (χ0n) is 11.0. The van der Waals surface area contributed by atoms with Gasteiger partial charge in [0.1, 0.15) is 17.8 Å². The van der Waals surface area contributed by atoms with E-state index in [0.717, 1.165) is 0 Å². The molecule has 1 saturated carbocycles. The van der Waals surface area contributed by atoms with Gasteiger partial charge in [-0.3, -0.25) is 9.59 Å². The van der Waals surface area contributed by atoms with Gasteiger partial charge in [-0.05, 0) is 6.42 Å². The smallest absolute Gasteiger partial charge is 0.306 e. The van der Waals surface area contributed by atoms with Gasteiger partial charge in [-0.1, -0.05) is 12.2 Å². The second-order valence-corrected chi connectivity index (χ2v) is 5.25. The van der Waals surface area contributed by atoms with Gasteiger partial charge in [0.15, 0.2) is 0 Å². The summed E-state index contributed by atoms with van der Waals surface area (Å²) >= 11 is 0. The van der Waals surface area contributed by atoms with Crippen LogP contribution in [0.1, 0.15) is 25.7 Å². The lowest BCUT2D eigenvalue weighted by molar-refractivity contribution is -0.189. The fourth-order valence-electron chi connectivity index (χ4n) is 2.49. The predicted octanol–water partition coefficient (Wildman–Crippen LogP) is -1.39. The number of hydrogen-bond acceptors (Lipinski definition) is 6. The summed E-state index contributed by atoms with van der Waals surface area (Å²) < 4.78 is 5.07. The molecule has 0 aromatic rings. The van der Waals surface area contributed by atoms with Gasteiger partial charge in [-0.25, -0.2) is 0 Å². The van der Waals surface area contributed by atoms with E-state index in [1.807, 2.05) is 0 Å². The quantitative estimate of drug-likeness (QED) is 0.322. The number of carbonyl (C=O) groups excluding carboxylic acids is 2. The van der Waals surface area contributed by atoms with Crippen LogP contribution in [0.3, 0.4) is 0 Å². The molecule has 1 heterocycles. The molecule has 0 aromatic heterocycles. The van der Waals surface area contributed by atoms with Gasteiger partial charge in [-0.2, -0.15) is 0 Å². The normalized spacial score (nSPS) is 39.2. The van der Waals surface area contributed by atoms with E-state index in [-0.39, 0.29) is 25.8 Å². The predicted molar refractivity (Wildman–Crippen MR) is 67.5 cm³/mol. The Morgan fingerprint density at radius 1 is 1.25 bits per heavy atom. The molecule has 7 nitrogen and oxygen atoms in total. The molecule has 4 N–H and O–H groups in total. The lowest BCUT2D eigenvalue weighted by Crippen LogP contribution is -2.59. The second kappa shape index (κ2) is 5.90. The monoisotopic (exact) mass is 285 g/mol. The highest BCUT2D eigenvalue weighted by atomic mass is 16.6. The van der Waals surface area contributed by atoms with Crippen LogP contribution in [0.5, 0.6) is 0 Å². The molecule has 1 aliphatic carbocycles. The Morgan fingerprint density at radius 2 is 2.00 bits per heavy atom. The van der Waals surface area contributed by atoms with Gasteiger partial charge in [0.05, 0.1) is 6.10 Å². The minimum absolute atomic E-state index is 0.141. The second-order valence-electron chi connectivity index (χ2n) is 5.25. The average molecular weight is 285 g/mol. The Hall–Kier alpha value is -1.44. The first-order chi connectivity index (χ1) is 9.42. The Morgan fingerprint density at radius 3 is 2.75 bits per heavy atom. The first kappa shape index (κ1) is 15.0. The van der Waals surface area contributed by atoms with Crippen molar-refractivity contribution in [2.24, 2.45) is 0 Å². The summed E-state index contributed by atoms with van der Waals surface area (Å²) in [6, 6.07) is 0. The maximum absolute atomic E-state index is 12.0. The largest absolute Gasteiger partial charge is 0.459 e. The summed E-state index contributed by atoms with van der Waals surface area (Å²) in [6.45, 7) is 0.236. The zero-order chi connectivity index (χ0) is 14.8. The molecule has 7 heteroatoms. The van der Waals surface area contributed by atoms with Crippen LogP contribution in [0.15, 0.2) is 12.2 Å². The number of fused-ring (bicyclic) bond motifs is 2. The van der Waals surface area contributed by atoms with Crippen molar-refractivity contribution in [2.45, 2.75) is 49.6 Å². The molecule has 112 valence electrons. The number of aliphatic hydroxyl groups excluding tert-OH is 2. The van der Waals surface area contributed by atoms with Crippen LogP contribution in [-0.2, 0) is 14.3 Å². The molecule has 1 aliphatic heterocycles. The SMILES string of the molecule is O=C1CCC=CCNC(=O)[C@]2(O)C[C@@H](O)[C@@H](O)[C@@H](C2)O1. The summed E-state index contributed by atoms with van der Waals surface area (Å²) in [4.78, 5) is 23.6. The van der Waals surface area contributed by atoms with Crippen molar-refractivity contribution in [1.29, 1.82) is 0 Å². The summed E-state index contributed by atoms with van der Waals surface area (Å²) in [7, 11) is 0. The van der Waals surface area contributed by atoms with Crippen LogP contribution in [0, 0.1) is 0 Å². The van der Waals surface area contributed by atoms with Crippen molar-refractivity contribution in [2.75, 3.05) is 6.54 Å². The number of ether oxygens (including phenoxy) is 1. The lowest BCUT2D eigenvalue weighted by atomic mass is 9.79. The Bertz CT molecular complexity index is 423. The van der Waals surface area contributed by atoms with E-state index in [0.29, 0.717) is 6.42 Å². The maximum atomic E-state index is 12.0. The third-order valence-corrected chi connectivity index (χ3v) is 3.63. The van der Waals surface area contributed by atoms with Crippen LogP contribution >= 0.6 is 0 Å². The number of carbonyl (C=O) groups is 2. The highest BCUT2D eigenvalue weighted by Gasteiger charge is 2.50. The van der Waals surface area contributed by atoms with Crippen molar-refractivity contribution < 1.29 is 29.6 Å². The summed E-state index contributed by atoms with van der Waals surface area (Å²) in [5.74, 6) is -1.18. The standard InChI is InChI=1S/C13H19NO6/c15-8-6-13(19)7-9(11(8)17)20-10(16)4-2-1-3-5-14-12(13)18/h1,3,8-9,11,15,17,19H,2,4-7H2,(H,14,18)/t8-,9-,11-,13+/m1/s1. The highest BCUT2D eigenvalue weighted by molar-refractivity contribution is 5.85. The van der Waals surface area contributed by atoms with E-state index in [1.165, 1.54) is 0 Å². The molecule has 0 aromatic carbocycles. The summed E-state index contributed by atoms with van der Waals surface area (Å²) in [5.41, 5.74) is -1.85. The number of aliphatic hydroxyl groups is 3. The molecule has 2 rings (SSSR count). The van der Waals surface area contributed by atoms with E-state index in [1.54, 1.807) is 12.2 Å². The van der Waals surface area contributed by atoms with Crippen LogP contribution in [0.4, 0.5) is 0 Å². The fourth-order valence-corrected chi connectivity index (χ4v) is 2.49. The molecular formula is C13H19NO6. The van der Waals surface area contributed by atoms with E-state index in [4.69, 9.17) is 4.74 Å². The number of allylic oxidation sites excluding steroid dienone is 1. The van der Waals surface area contributed by atoms with E-state index < -0.39 is 35.8 Å². The number of rotatable bonds is 0. The topological polar surface area (TPSA) is 116 Å². The summed E-state index contributed by atoms with van der Waals surface area (Å²) in [6.07, 6.45) is -0.223. The van der Waals surface area contributed by atoms with Gasteiger partial charge in [0.25, 0.3) is 5.91 Å². The van der Waals surface area contributed by atoms with Crippen LogP contribution in [0.2, 0.25) is 0 Å². The summed E-state index contributed by atoms with van der Waals surface area (Å²) in [5, 5.41) is 32.5. The van der Waals surface area contributed by atoms with Crippen molar-refractivity contribution in [1.82, 2.24) is 5.32 Å². The van der Waals surface area contributed by atoms with E-state index in [9.17, 15) is 24.9 Å². The molecule has 20 heavy (non-hydrogen) atoms. The molecule has 0 spiro atoms. The first-order valence-electron chi connectivity index (χ1n) is 6.64. The number of nitrogens with one attached hydrogen (secondary N) is 1.